The molecule has 0 fully saturated rings. The smallest absolute Gasteiger partial charge is 0.309 e. The summed E-state index contributed by atoms with van der Waals surface area (Å²) < 4.78 is 10.5. The first-order valence-electron chi connectivity index (χ1n) is 9.86. The molecule has 0 aliphatic carbocycles. The number of hydrogen-bond acceptors (Lipinski definition) is 3. The number of ether oxygens (including phenoxy) is 2. The minimum atomic E-state index is -0.244. The highest BCUT2D eigenvalue weighted by Crippen LogP contribution is 2.40. The van der Waals surface area contributed by atoms with Gasteiger partial charge >= 0.3 is 5.97 Å². The van der Waals surface area contributed by atoms with Gasteiger partial charge in [-0.05, 0) is 40.7 Å². The van der Waals surface area contributed by atoms with Crippen molar-refractivity contribution in [2.45, 2.75) is 58.8 Å². The van der Waals surface area contributed by atoms with Gasteiger partial charge in [0.1, 0.15) is 5.75 Å². The van der Waals surface area contributed by atoms with Crippen LogP contribution in [0, 0.1) is 11.8 Å². The molecule has 2 rings (SSSR count). The van der Waals surface area contributed by atoms with Crippen LogP contribution in [-0.4, -0.2) is 20.2 Å². The van der Waals surface area contributed by atoms with Crippen LogP contribution in [-0.2, 0) is 26.8 Å². The van der Waals surface area contributed by atoms with Gasteiger partial charge in [0.25, 0.3) is 0 Å². The van der Waals surface area contributed by atoms with Crippen molar-refractivity contribution in [3.8, 4) is 17.6 Å². The third kappa shape index (κ3) is 5.87. The molecule has 2 aromatic carbocycles. The Morgan fingerprint density at radius 1 is 0.828 bits per heavy atom. The van der Waals surface area contributed by atoms with Crippen molar-refractivity contribution in [2.24, 2.45) is 0 Å². The summed E-state index contributed by atoms with van der Waals surface area (Å²) in [6.07, 6.45) is 0.270. The Balaban J connectivity index is 2.45. The number of esters is 1. The SMILES string of the molecule is COC(=O)Cc1ccc(C#Cc2cc(C(C)(C)C)c(OC)c(C(C)(C)C)c2)cc1. The topological polar surface area (TPSA) is 35.5 Å². The van der Waals surface area contributed by atoms with Gasteiger partial charge < -0.3 is 9.47 Å². The molecule has 0 bridgehead atoms. The second-order valence-electron chi connectivity index (χ2n) is 9.30. The summed E-state index contributed by atoms with van der Waals surface area (Å²) in [6.45, 7) is 13.1. The molecular formula is C26H32O3. The number of methoxy groups -OCH3 is 2. The van der Waals surface area contributed by atoms with Crippen molar-refractivity contribution in [3.63, 3.8) is 0 Å². The third-order valence-corrected chi connectivity index (χ3v) is 4.79. The Morgan fingerprint density at radius 2 is 1.31 bits per heavy atom. The first-order chi connectivity index (χ1) is 13.5. The summed E-state index contributed by atoms with van der Waals surface area (Å²) in [5.41, 5.74) is 4.99. The molecule has 0 saturated carbocycles. The maximum Gasteiger partial charge on any atom is 0.309 e. The van der Waals surface area contributed by atoms with Crippen molar-refractivity contribution in [3.05, 3.63) is 64.2 Å². The zero-order valence-corrected chi connectivity index (χ0v) is 18.9. The van der Waals surface area contributed by atoms with Crippen LogP contribution in [0.5, 0.6) is 5.75 Å². The van der Waals surface area contributed by atoms with Crippen LogP contribution in [0.1, 0.15) is 69.4 Å². The molecule has 0 heterocycles. The predicted octanol–water partition coefficient (Wildman–Crippen LogP) is 5.41. The number of carbonyl (C=O) groups excluding carboxylic acids is 1. The van der Waals surface area contributed by atoms with Gasteiger partial charge in [0.05, 0.1) is 20.6 Å². The molecule has 154 valence electrons. The first kappa shape index (κ1) is 22.6. The molecule has 0 N–H and O–H groups in total. The van der Waals surface area contributed by atoms with Crippen LogP contribution in [0.15, 0.2) is 36.4 Å². The fourth-order valence-corrected chi connectivity index (χ4v) is 3.12. The third-order valence-electron chi connectivity index (χ3n) is 4.79. The largest absolute Gasteiger partial charge is 0.496 e. The highest BCUT2D eigenvalue weighted by molar-refractivity contribution is 5.72. The summed E-state index contributed by atoms with van der Waals surface area (Å²) in [6, 6.07) is 12.0. The quantitative estimate of drug-likeness (QED) is 0.518. The molecule has 0 amide bonds. The van der Waals surface area contributed by atoms with Crippen molar-refractivity contribution in [2.75, 3.05) is 14.2 Å². The summed E-state index contributed by atoms with van der Waals surface area (Å²) >= 11 is 0. The highest BCUT2D eigenvalue weighted by atomic mass is 16.5. The molecule has 3 nitrogen and oxygen atoms in total. The minimum absolute atomic E-state index is 0.0570. The van der Waals surface area contributed by atoms with E-state index < -0.39 is 0 Å². The summed E-state index contributed by atoms with van der Waals surface area (Å²) in [5, 5.41) is 0. The summed E-state index contributed by atoms with van der Waals surface area (Å²) in [7, 11) is 3.13. The van der Waals surface area contributed by atoms with Gasteiger partial charge in [-0.1, -0.05) is 65.5 Å². The summed E-state index contributed by atoms with van der Waals surface area (Å²) in [5.74, 6) is 7.26. The fraction of sp³-hybridized carbons (Fsp3) is 0.423. The van der Waals surface area contributed by atoms with Crippen LogP contribution < -0.4 is 4.74 Å². The Bertz CT molecular complexity index is 892. The van der Waals surface area contributed by atoms with E-state index in [1.165, 1.54) is 7.11 Å². The molecule has 0 aliphatic heterocycles. The van der Waals surface area contributed by atoms with E-state index >= 15 is 0 Å². The molecule has 0 aromatic heterocycles. The minimum Gasteiger partial charge on any atom is -0.496 e. The number of benzene rings is 2. The van der Waals surface area contributed by atoms with Crippen LogP contribution in [0.4, 0.5) is 0 Å². The van der Waals surface area contributed by atoms with E-state index in [2.05, 4.69) is 65.5 Å². The lowest BCUT2D eigenvalue weighted by molar-refractivity contribution is -0.139. The Labute approximate surface area is 175 Å². The second kappa shape index (κ2) is 8.74. The molecule has 0 spiro atoms. The van der Waals surface area contributed by atoms with E-state index in [9.17, 15) is 4.79 Å². The van der Waals surface area contributed by atoms with E-state index in [4.69, 9.17) is 9.47 Å². The average Bonchev–Trinajstić information content (AvgIpc) is 2.65. The summed E-state index contributed by atoms with van der Waals surface area (Å²) in [4.78, 5) is 11.4. The van der Waals surface area contributed by atoms with Gasteiger partial charge in [-0.25, -0.2) is 0 Å². The second-order valence-corrected chi connectivity index (χ2v) is 9.30. The lowest BCUT2D eigenvalue weighted by atomic mass is 9.78. The van der Waals surface area contributed by atoms with E-state index in [0.717, 1.165) is 33.6 Å². The molecular weight excluding hydrogens is 360 g/mol. The van der Waals surface area contributed by atoms with Gasteiger partial charge in [0.2, 0.25) is 0 Å². The molecule has 0 atom stereocenters. The number of carbonyl (C=O) groups is 1. The Kier molecular flexibility index (Phi) is 6.80. The van der Waals surface area contributed by atoms with Crippen molar-refractivity contribution in [1.82, 2.24) is 0 Å². The van der Waals surface area contributed by atoms with E-state index in [1.54, 1.807) is 7.11 Å². The molecule has 2 aromatic rings. The van der Waals surface area contributed by atoms with Gasteiger partial charge in [-0.3, -0.25) is 4.79 Å². The lowest BCUT2D eigenvalue weighted by Crippen LogP contribution is -2.19. The molecule has 0 saturated heterocycles. The van der Waals surface area contributed by atoms with Crippen molar-refractivity contribution < 1.29 is 14.3 Å². The Hall–Kier alpha value is -2.73. The molecule has 0 aliphatic rings. The highest BCUT2D eigenvalue weighted by Gasteiger charge is 2.27. The zero-order valence-electron chi connectivity index (χ0n) is 18.9. The van der Waals surface area contributed by atoms with Crippen LogP contribution >= 0.6 is 0 Å². The molecule has 0 unspecified atom stereocenters. The van der Waals surface area contributed by atoms with Crippen molar-refractivity contribution in [1.29, 1.82) is 0 Å². The van der Waals surface area contributed by atoms with Crippen LogP contribution in [0.3, 0.4) is 0 Å². The molecule has 29 heavy (non-hydrogen) atoms. The van der Waals surface area contributed by atoms with Gasteiger partial charge in [-0.2, -0.15) is 0 Å². The van der Waals surface area contributed by atoms with Crippen molar-refractivity contribution >= 4 is 5.97 Å². The van der Waals surface area contributed by atoms with Gasteiger partial charge in [0.15, 0.2) is 0 Å². The van der Waals surface area contributed by atoms with Crippen LogP contribution in [0.2, 0.25) is 0 Å². The maximum atomic E-state index is 11.4. The average molecular weight is 393 g/mol. The number of hydrogen-bond donors (Lipinski definition) is 0. The molecule has 0 radical (unpaired) electrons. The lowest BCUT2D eigenvalue weighted by Gasteiger charge is -2.29. The van der Waals surface area contributed by atoms with E-state index in [1.807, 2.05) is 24.3 Å². The number of rotatable bonds is 3. The van der Waals surface area contributed by atoms with Crippen LogP contribution in [0.25, 0.3) is 0 Å². The van der Waals surface area contributed by atoms with Gasteiger partial charge in [0, 0.05) is 22.3 Å². The normalized spacial score (nSPS) is 11.4. The molecule has 3 heteroatoms. The van der Waals surface area contributed by atoms with E-state index in [0.29, 0.717) is 0 Å². The Morgan fingerprint density at radius 3 is 1.72 bits per heavy atom. The first-order valence-corrected chi connectivity index (χ1v) is 9.86. The monoisotopic (exact) mass is 392 g/mol. The predicted molar refractivity (Wildman–Crippen MR) is 119 cm³/mol. The van der Waals surface area contributed by atoms with E-state index in [-0.39, 0.29) is 23.2 Å². The zero-order chi connectivity index (χ0) is 21.8. The fourth-order valence-electron chi connectivity index (χ4n) is 3.12. The maximum absolute atomic E-state index is 11.4. The van der Waals surface area contributed by atoms with Gasteiger partial charge in [-0.15, -0.1) is 0 Å². The standard InChI is InChI=1S/C26H32O3/c1-25(2,3)21-15-20(16-22(24(21)29-8)26(4,5)6)14-11-18-9-12-19(13-10-18)17-23(27)28-7/h9-10,12-13,15-16H,17H2,1-8H3.